The van der Waals surface area contributed by atoms with Gasteiger partial charge in [-0.15, -0.1) is 6.58 Å². The van der Waals surface area contributed by atoms with Crippen LogP contribution in [0, 0.1) is 0 Å². The first-order chi connectivity index (χ1) is 1.91. The van der Waals surface area contributed by atoms with E-state index in [1.165, 1.54) is 5.98 Å². The highest BCUT2D eigenvalue weighted by Crippen LogP contribution is 1.40. The van der Waals surface area contributed by atoms with E-state index in [-0.39, 0.29) is 7.48 Å². The zero-order valence-corrected chi connectivity index (χ0v) is 2.44. The Balaban J connectivity index is 2.30. The fraction of sp³-hybridized carbons (Fsp3) is 0. The molecule has 0 aromatic heterocycles. The molecule has 0 atom stereocenters. The monoisotopic (exact) mass is 56.0 g/mol. The van der Waals surface area contributed by atoms with Crippen molar-refractivity contribution < 1.29 is 5.02 Å². The van der Waals surface area contributed by atoms with Gasteiger partial charge < -0.3 is 5.02 Å². The van der Waals surface area contributed by atoms with Crippen LogP contribution in [0.5, 0.6) is 0 Å². The van der Waals surface area contributed by atoms with Gasteiger partial charge in [-0.05, 0) is 0 Å². The standard InChI is InChI=1S/C2H5BO/c1-2-3-4/h2-4H,1H2. The maximum atomic E-state index is 7.76. The van der Waals surface area contributed by atoms with Crippen molar-refractivity contribution in [3.05, 3.63) is 12.6 Å². The average molecular weight is 55.9 g/mol. The molecule has 0 heterocycles. The predicted molar refractivity (Wildman–Crippen MR) is 19.6 cm³/mol. The molecule has 0 aliphatic carbocycles. The Kier molecular flexibility index (Phi) is 2.60. The molecule has 1 nitrogen and oxygen atoms in total. The topological polar surface area (TPSA) is 20.2 Å². The molecule has 0 fully saturated rings. The number of rotatable bonds is 1. The molecular formula is C2H5BO. The van der Waals surface area contributed by atoms with Crippen LogP contribution in [0.25, 0.3) is 0 Å². The van der Waals surface area contributed by atoms with Crippen LogP contribution in [0.2, 0.25) is 0 Å². The SMILES string of the molecule is C=CBO. The zero-order valence-electron chi connectivity index (χ0n) is 2.44. The van der Waals surface area contributed by atoms with Crippen LogP contribution in [0.3, 0.4) is 0 Å². The van der Waals surface area contributed by atoms with Gasteiger partial charge in [0.15, 0.2) is 0 Å². The van der Waals surface area contributed by atoms with Crippen molar-refractivity contribution in [2.24, 2.45) is 0 Å². The first-order valence-corrected chi connectivity index (χ1v) is 1.13. The van der Waals surface area contributed by atoms with Crippen LogP contribution in [-0.2, 0) is 0 Å². The second-order valence-corrected chi connectivity index (χ2v) is 0.471. The third-order valence-corrected chi connectivity index (χ3v) is 0.129. The van der Waals surface area contributed by atoms with E-state index in [0.717, 1.165) is 0 Å². The maximum Gasteiger partial charge on any atom is 0.296 e. The van der Waals surface area contributed by atoms with Crippen LogP contribution in [0.15, 0.2) is 12.6 Å². The zero-order chi connectivity index (χ0) is 3.41. The third kappa shape index (κ3) is 1.76. The minimum absolute atomic E-state index is 0.0833. The summed E-state index contributed by atoms with van der Waals surface area (Å²) in [6, 6.07) is 0. The molecule has 0 rings (SSSR count). The van der Waals surface area contributed by atoms with Gasteiger partial charge >= 0.3 is 0 Å². The van der Waals surface area contributed by atoms with E-state index in [2.05, 4.69) is 6.58 Å². The van der Waals surface area contributed by atoms with Crippen LogP contribution in [0.4, 0.5) is 0 Å². The van der Waals surface area contributed by atoms with Crippen molar-refractivity contribution in [2.75, 3.05) is 0 Å². The normalized spacial score (nSPS) is 5.25. The van der Waals surface area contributed by atoms with Crippen molar-refractivity contribution in [3.8, 4) is 0 Å². The van der Waals surface area contributed by atoms with Crippen LogP contribution in [-0.4, -0.2) is 12.5 Å². The van der Waals surface area contributed by atoms with Gasteiger partial charge in [0, 0.05) is 0 Å². The van der Waals surface area contributed by atoms with Gasteiger partial charge in [0.1, 0.15) is 0 Å². The van der Waals surface area contributed by atoms with E-state index in [0.29, 0.717) is 0 Å². The molecule has 0 bridgehead atoms. The summed E-state index contributed by atoms with van der Waals surface area (Å²) >= 11 is 0. The first-order valence-electron chi connectivity index (χ1n) is 1.13. The lowest BCUT2D eigenvalue weighted by Crippen LogP contribution is -1.71. The van der Waals surface area contributed by atoms with Gasteiger partial charge in [0.25, 0.3) is 7.48 Å². The molecule has 0 aromatic rings. The molecule has 4 heavy (non-hydrogen) atoms. The van der Waals surface area contributed by atoms with Gasteiger partial charge in [-0.25, -0.2) is 0 Å². The van der Waals surface area contributed by atoms with Crippen molar-refractivity contribution in [2.45, 2.75) is 0 Å². The summed E-state index contributed by atoms with van der Waals surface area (Å²) in [4.78, 5) is 0. The molecule has 0 unspecified atom stereocenters. The van der Waals surface area contributed by atoms with E-state index < -0.39 is 0 Å². The summed E-state index contributed by atoms with van der Waals surface area (Å²) in [5.74, 6) is 1.43. The molecule has 0 amide bonds. The lowest BCUT2D eigenvalue weighted by atomic mass is 10.1. The van der Waals surface area contributed by atoms with Gasteiger partial charge in [0.2, 0.25) is 0 Å². The predicted octanol–water partition coefficient (Wildman–Crippen LogP) is -0.526. The Bertz CT molecular complexity index is 20.0. The molecule has 0 aliphatic rings. The minimum atomic E-state index is 0.0833. The van der Waals surface area contributed by atoms with Crippen molar-refractivity contribution in [1.82, 2.24) is 0 Å². The van der Waals surface area contributed by atoms with E-state index in [9.17, 15) is 0 Å². The number of hydrogen-bond acceptors (Lipinski definition) is 1. The minimum Gasteiger partial charge on any atom is -0.450 e. The molecule has 2 heteroatoms. The molecular weight excluding hydrogens is 50.8 g/mol. The van der Waals surface area contributed by atoms with E-state index in [4.69, 9.17) is 5.02 Å². The highest BCUT2D eigenvalue weighted by molar-refractivity contribution is 6.32. The van der Waals surface area contributed by atoms with Crippen molar-refractivity contribution in [3.63, 3.8) is 0 Å². The van der Waals surface area contributed by atoms with Crippen LogP contribution in [0.1, 0.15) is 0 Å². The Morgan fingerprint density at radius 3 is 2.25 bits per heavy atom. The summed E-state index contributed by atoms with van der Waals surface area (Å²) in [7, 11) is 0.0833. The van der Waals surface area contributed by atoms with Gasteiger partial charge in [-0.1, -0.05) is 5.98 Å². The maximum absolute atomic E-state index is 7.76. The summed E-state index contributed by atoms with van der Waals surface area (Å²) in [5, 5.41) is 7.76. The molecule has 0 radical (unpaired) electrons. The Morgan fingerprint density at radius 1 is 2.00 bits per heavy atom. The summed E-state index contributed by atoms with van der Waals surface area (Å²) < 4.78 is 0. The number of hydrogen-bond donors (Lipinski definition) is 1. The highest BCUT2D eigenvalue weighted by Gasteiger charge is 1.55. The average Bonchev–Trinajstić information content (AvgIpc) is 1.37. The molecule has 0 aromatic carbocycles. The fourth-order valence-electron chi connectivity index (χ4n) is 0. The van der Waals surface area contributed by atoms with Crippen molar-refractivity contribution >= 4 is 7.48 Å². The second-order valence-electron chi connectivity index (χ2n) is 0.471. The van der Waals surface area contributed by atoms with Gasteiger partial charge in [0.05, 0.1) is 0 Å². The molecule has 22 valence electrons. The summed E-state index contributed by atoms with van der Waals surface area (Å²) in [6.45, 7) is 3.23. The molecule has 0 saturated heterocycles. The van der Waals surface area contributed by atoms with Crippen molar-refractivity contribution in [1.29, 1.82) is 0 Å². The summed E-state index contributed by atoms with van der Waals surface area (Å²) in [6.07, 6.45) is 0. The molecule has 1 N–H and O–H groups in total. The Labute approximate surface area is 26.2 Å². The van der Waals surface area contributed by atoms with Gasteiger partial charge in [-0.3, -0.25) is 0 Å². The highest BCUT2D eigenvalue weighted by atomic mass is 16.2. The summed E-state index contributed by atoms with van der Waals surface area (Å²) in [5.41, 5.74) is 0. The largest absolute Gasteiger partial charge is 0.450 e. The van der Waals surface area contributed by atoms with E-state index >= 15 is 0 Å². The second kappa shape index (κ2) is 2.76. The van der Waals surface area contributed by atoms with Crippen LogP contribution < -0.4 is 0 Å². The molecule has 0 saturated carbocycles. The Morgan fingerprint density at radius 2 is 2.25 bits per heavy atom. The quantitative estimate of drug-likeness (QED) is 0.400. The first kappa shape index (κ1) is 3.76. The van der Waals surface area contributed by atoms with E-state index in [1.807, 2.05) is 0 Å². The molecule has 0 aliphatic heterocycles. The Hall–Kier alpha value is -0.235. The molecule has 0 spiro atoms. The third-order valence-electron chi connectivity index (χ3n) is 0.129. The lowest BCUT2D eigenvalue weighted by Gasteiger charge is -1.54. The fourth-order valence-corrected chi connectivity index (χ4v) is 0. The van der Waals surface area contributed by atoms with E-state index in [1.54, 1.807) is 0 Å². The smallest absolute Gasteiger partial charge is 0.296 e. The van der Waals surface area contributed by atoms with Gasteiger partial charge in [-0.2, -0.15) is 0 Å². The van der Waals surface area contributed by atoms with Crippen LogP contribution >= 0.6 is 0 Å². The lowest BCUT2D eigenvalue weighted by molar-refractivity contribution is 0.614.